The van der Waals surface area contributed by atoms with Gasteiger partial charge in [0.1, 0.15) is 0 Å². The van der Waals surface area contributed by atoms with Crippen LogP contribution in [0.4, 0.5) is 0 Å². The Bertz CT molecular complexity index is 452. The summed E-state index contributed by atoms with van der Waals surface area (Å²) in [6, 6.07) is 0. The van der Waals surface area contributed by atoms with Crippen molar-refractivity contribution in [2.75, 3.05) is 6.54 Å². The van der Waals surface area contributed by atoms with E-state index in [-0.39, 0.29) is 12.5 Å². The highest BCUT2D eigenvalue weighted by Crippen LogP contribution is 2.13. The molecule has 0 aliphatic heterocycles. The summed E-state index contributed by atoms with van der Waals surface area (Å²) in [5, 5.41) is 17.0. The molecule has 0 saturated carbocycles. The van der Waals surface area contributed by atoms with Gasteiger partial charge in [0, 0.05) is 18.8 Å². The second-order valence-corrected chi connectivity index (χ2v) is 5.76. The van der Waals surface area contributed by atoms with Crippen LogP contribution in [-0.4, -0.2) is 33.4 Å². The molecule has 20 heavy (non-hydrogen) atoms. The van der Waals surface area contributed by atoms with E-state index in [0.29, 0.717) is 17.9 Å². The maximum Gasteiger partial charge on any atom is 0.255 e. The Kier molecular flexibility index (Phi) is 6.20. The predicted octanol–water partition coefficient (Wildman–Crippen LogP) is 2.05. The number of hydrogen-bond acceptors (Lipinski definition) is 3. The number of nitrogens with zero attached hydrogens (tertiary/aromatic N) is 2. The number of aliphatic hydroxyl groups excluding tert-OH is 1. The minimum Gasteiger partial charge on any atom is -0.391 e. The van der Waals surface area contributed by atoms with Crippen LogP contribution in [0, 0.1) is 19.8 Å². The molecule has 1 atom stereocenters. The minimum absolute atomic E-state index is 0.148. The summed E-state index contributed by atoms with van der Waals surface area (Å²) < 4.78 is 1.87. The Morgan fingerprint density at radius 3 is 2.60 bits per heavy atom. The van der Waals surface area contributed by atoms with Crippen molar-refractivity contribution in [2.45, 2.75) is 60.1 Å². The number of aromatic nitrogens is 2. The molecule has 1 aromatic rings. The van der Waals surface area contributed by atoms with E-state index in [0.717, 1.165) is 24.4 Å². The van der Waals surface area contributed by atoms with Crippen LogP contribution in [0.1, 0.15) is 55.4 Å². The summed E-state index contributed by atoms with van der Waals surface area (Å²) in [4.78, 5) is 12.2. The van der Waals surface area contributed by atoms with Gasteiger partial charge in [-0.05, 0) is 32.6 Å². The first-order chi connectivity index (χ1) is 9.36. The molecule has 5 nitrogen and oxygen atoms in total. The number of aliphatic hydroxyl groups is 1. The first-order valence-corrected chi connectivity index (χ1v) is 7.37. The lowest BCUT2D eigenvalue weighted by Gasteiger charge is -2.14. The quantitative estimate of drug-likeness (QED) is 0.804. The topological polar surface area (TPSA) is 67.2 Å². The zero-order valence-electron chi connectivity index (χ0n) is 13.2. The van der Waals surface area contributed by atoms with E-state index in [1.165, 1.54) is 0 Å². The van der Waals surface area contributed by atoms with Crippen molar-refractivity contribution in [3.63, 3.8) is 0 Å². The van der Waals surface area contributed by atoms with Gasteiger partial charge in [-0.3, -0.25) is 9.48 Å². The van der Waals surface area contributed by atoms with E-state index in [4.69, 9.17) is 0 Å². The lowest BCUT2D eigenvalue weighted by molar-refractivity contribution is 0.0899. The van der Waals surface area contributed by atoms with Crippen LogP contribution in [0.5, 0.6) is 0 Å². The summed E-state index contributed by atoms with van der Waals surface area (Å²) in [6.07, 6.45) is 1.17. The molecule has 5 heteroatoms. The molecule has 2 N–H and O–H groups in total. The van der Waals surface area contributed by atoms with E-state index in [2.05, 4.69) is 17.3 Å². The molecule has 1 heterocycles. The molecule has 0 saturated heterocycles. The Morgan fingerprint density at radius 1 is 1.40 bits per heavy atom. The van der Waals surface area contributed by atoms with Gasteiger partial charge in [-0.1, -0.05) is 20.8 Å². The maximum atomic E-state index is 12.2. The molecule has 114 valence electrons. The zero-order valence-corrected chi connectivity index (χ0v) is 13.2. The third-order valence-corrected chi connectivity index (χ3v) is 3.29. The smallest absolute Gasteiger partial charge is 0.255 e. The molecule has 1 aromatic heterocycles. The van der Waals surface area contributed by atoms with Gasteiger partial charge < -0.3 is 10.4 Å². The van der Waals surface area contributed by atoms with Gasteiger partial charge >= 0.3 is 0 Å². The van der Waals surface area contributed by atoms with E-state index in [1.54, 1.807) is 0 Å². The lowest BCUT2D eigenvalue weighted by Crippen LogP contribution is -2.33. The molecule has 0 radical (unpaired) electrons. The van der Waals surface area contributed by atoms with Crippen molar-refractivity contribution in [3.05, 3.63) is 17.0 Å². The highest BCUT2D eigenvalue weighted by Gasteiger charge is 2.19. The Labute approximate surface area is 121 Å². The van der Waals surface area contributed by atoms with Crippen LogP contribution >= 0.6 is 0 Å². The van der Waals surface area contributed by atoms with Crippen molar-refractivity contribution in [2.24, 2.45) is 5.92 Å². The normalized spacial score (nSPS) is 12.8. The van der Waals surface area contributed by atoms with E-state index in [1.807, 2.05) is 32.4 Å². The van der Waals surface area contributed by atoms with Crippen LogP contribution in [0.15, 0.2) is 0 Å². The molecule has 1 rings (SSSR count). The fraction of sp³-hybridized carbons (Fsp3) is 0.733. The summed E-state index contributed by atoms with van der Waals surface area (Å²) in [7, 11) is 0. The molecular formula is C15H27N3O2. The molecule has 0 spiro atoms. The standard InChI is InChI=1S/C15H27N3O2/c1-6-7-18-12(5)14(11(4)17-18)15(20)16-9-13(19)8-10(2)3/h10,13,19H,6-9H2,1-5H3,(H,16,20). The fourth-order valence-electron chi connectivity index (χ4n) is 2.38. The van der Waals surface area contributed by atoms with Crippen LogP contribution in [-0.2, 0) is 6.54 Å². The first kappa shape index (κ1) is 16.7. The van der Waals surface area contributed by atoms with E-state index >= 15 is 0 Å². The molecule has 1 unspecified atom stereocenters. The van der Waals surface area contributed by atoms with Gasteiger partial charge in [0.15, 0.2) is 0 Å². The lowest BCUT2D eigenvalue weighted by atomic mass is 10.1. The summed E-state index contributed by atoms with van der Waals surface area (Å²) in [5.74, 6) is 0.267. The number of nitrogens with one attached hydrogen (secondary N) is 1. The van der Waals surface area contributed by atoms with Gasteiger partial charge in [0.05, 0.1) is 17.4 Å². The third kappa shape index (κ3) is 4.34. The van der Waals surface area contributed by atoms with Crippen LogP contribution < -0.4 is 5.32 Å². The summed E-state index contributed by atoms with van der Waals surface area (Å²) in [6.45, 7) is 11.0. The molecule has 0 aromatic carbocycles. The number of aryl methyl sites for hydroxylation is 2. The molecule has 0 bridgehead atoms. The molecular weight excluding hydrogens is 254 g/mol. The van der Waals surface area contributed by atoms with Crippen LogP contribution in [0.2, 0.25) is 0 Å². The second kappa shape index (κ2) is 7.43. The fourth-order valence-corrected chi connectivity index (χ4v) is 2.38. The van der Waals surface area contributed by atoms with Crippen molar-refractivity contribution >= 4 is 5.91 Å². The number of rotatable bonds is 7. The van der Waals surface area contributed by atoms with E-state index < -0.39 is 6.10 Å². The number of amides is 1. The van der Waals surface area contributed by atoms with Crippen LogP contribution in [0.3, 0.4) is 0 Å². The average Bonchev–Trinajstić information content (AvgIpc) is 2.61. The van der Waals surface area contributed by atoms with Gasteiger partial charge in [-0.15, -0.1) is 0 Å². The SMILES string of the molecule is CCCn1nc(C)c(C(=O)NCC(O)CC(C)C)c1C. The average molecular weight is 281 g/mol. The highest BCUT2D eigenvalue weighted by atomic mass is 16.3. The zero-order chi connectivity index (χ0) is 15.3. The minimum atomic E-state index is -0.495. The maximum absolute atomic E-state index is 12.2. The van der Waals surface area contributed by atoms with Crippen molar-refractivity contribution in [1.29, 1.82) is 0 Å². The molecule has 0 fully saturated rings. The molecule has 0 aliphatic carbocycles. The number of carbonyl (C=O) groups excluding carboxylic acids is 1. The second-order valence-electron chi connectivity index (χ2n) is 5.76. The van der Waals surface area contributed by atoms with Gasteiger partial charge in [0.2, 0.25) is 0 Å². The number of hydrogen-bond donors (Lipinski definition) is 2. The Morgan fingerprint density at radius 2 is 2.05 bits per heavy atom. The van der Waals surface area contributed by atoms with Crippen molar-refractivity contribution in [3.8, 4) is 0 Å². The Balaban J connectivity index is 2.68. The van der Waals surface area contributed by atoms with Gasteiger partial charge in [0.25, 0.3) is 5.91 Å². The Hall–Kier alpha value is -1.36. The first-order valence-electron chi connectivity index (χ1n) is 7.37. The highest BCUT2D eigenvalue weighted by molar-refractivity contribution is 5.96. The largest absolute Gasteiger partial charge is 0.391 e. The van der Waals surface area contributed by atoms with E-state index in [9.17, 15) is 9.90 Å². The van der Waals surface area contributed by atoms with Crippen molar-refractivity contribution in [1.82, 2.24) is 15.1 Å². The molecule has 1 amide bonds. The summed E-state index contributed by atoms with van der Waals surface area (Å²) >= 11 is 0. The molecule has 0 aliphatic rings. The number of carbonyl (C=O) groups is 1. The van der Waals surface area contributed by atoms with Crippen LogP contribution in [0.25, 0.3) is 0 Å². The van der Waals surface area contributed by atoms with Crippen molar-refractivity contribution < 1.29 is 9.90 Å². The summed E-state index contributed by atoms with van der Waals surface area (Å²) in [5.41, 5.74) is 2.27. The monoisotopic (exact) mass is 281 g/mol. The van der Waals surface area contributed by atoms with Gasteiger partial charge in [-0.2, -0.15) is 5.10 Å². The van der Waals surface area contributed by atoms with Gasteiger partial charge in [-0.25, -0.2) is 0 Å². The third-order valence-electron chi connectivity index (χ3n) is 3.29. The predicted molar refractivity (Wildman–Crippen MR) is 79.8 cm³/mol.